The van der Waals surface area contributed by atoms with Crippen LogP contribution in [0.5, 0.6) is 5.75 Å². The molecule has 0 aromatic heterocycles. The molecule has 1 unspecified atom stereocenters. The van der Waals surface area contributed by atoms with Crippen LogP contribution in [0.2, 0.25) is 0 Å². The van der Waals surface area contributed by atoms with Crippen LogP contribution in [-0.2, 0) is 11.2 Å². The van der Waals surface area contributed by atoms with Crippen molar-refractivity contribution in [3.8, 4) is 5.75 Å². The normalized spacial score (nSPS) is 15.9. The number of hydrogen-bond donors (Lipinski definition) is 2. The summed E-state index contributed by atoms with van der Waals surface area (Å²) in [7, 11) is 0. The molecule has 1 aromatic rings. The zero-order valence-corrected chi connectivity index (χ0v) is 11.3. The van der Waals surface area contributed by atoms with Crippen LogP contribution in [0.15, 0.2) is 24.3 Å². The van der Waals surface area contributed by atoms with Gasteiger partial charge in [-0.15, -0.1) is 0 Å². The van der Waals surface area contributed by atoms with Gasteiger partial charge in [0.2, 0.25) is 5.91 Å². The van der Waals surface area contributed by atoms with Gasteiger partial charge in [0.1, 0.15) is 5.75 Å². The molecule has 1 amide bonds. The number of benzene rings is 1. The standard InChI is InChI=1S/C15H21NO3/c1-11(17)10-12-2-6-14(7-3-12)19-9-8-15(18)16-13-4-5-13/h2-3,6-7,11,13,17H,4-5,8-10H2,1H3,(H,16,18). The molecule has 4 heteroatoms. The van der Waals surface area contributed by atoms with E-state index >= 15 is 0 Å². The Kier molecular flexibility index (Phi) is 4.80. The van der Waals surface area contributed by atoms with Gasteiger partial charge in [0.15, 0.2) is 0 Å². The van der Waals surface area contributed by atoms with Gasteiger partial charge in [0.05, 0.1) is 19.1 Å². The third-order valence-corrected chi connectivity index (χ3v) is 2.99. The van der Waals surface area contributed by atoms with Crippen molar-refractivity contribution in [1.29, 1.82) is 0 Å². The van der Waals surface area contributed by atoms with Crippen LogP contribution in [0.1, 0.15) is 31.7 Å². The first-order chi connectivity index (χ1) is 9.13. The molecular weight excluding hydrogens is 242 g/mol. The molecule has 0 radical (unpaired) electrons. The summed E-state index contributed by atoms with van der Waals surface area (Å²) in [4.78, 5) is 11.4. The molecule has 1 fully saturated rings. The lowest BCUT2D eigenvalue weighted by molar-refractivity contribution is -0.121. The van der Waals surface area contributed by atoms with Gasteiger partial charge >= 0.3 is 0 Å². The highest BCUT2D eigenvalue weighted by Gasteiger charge is 2.22. The third kappa shape index (κ3) is 5.30. The number of hydrogen-bond acceptors (Lipinski definition) is 3. The Bertz CT molecular complexity index is 410. The highest BCUT2D eigenvalue weighted by molar-refractivity contribution is 5.76. The van der Waals surface area contributed by atoms with Crippen LogP contribution in [0.25, 0.3) is 0 Å². The Morgan fingerprint density at radius 2 is 2.11 bits per heavy atom. The molecule has 4 nitrogen and oxygen atoms in total. The van der Waals surface area contributed by atoms with Gasteiger partial charge in [-0.3, -0.25) is 4.79 Å². The van der Waals surface area contributed by atoms with E-state index in [2.05, 4.69) is 5.32 Å². The zero-order chi connectivity index (χ0) is 13.7. The first-order valence-corrected chi connectivity index (χ1v) is 6.82. The molecule has 1 aromatic carbocycles. The molecule has 2 rings (SSSR count). The van der Waals surface area contributed by atoms with Crippen molar-refractivity contribution in [3.63, 3.8) is 0 Å². The van der Waals surface area contributed by atoms with Gasteiger partial charge in [-0.2, -0.15) is 0 Å². The van der Waals surface area contributed by atoms with Crippen LogP contribution in [0.4, 0.5) is 0 Å². The van der Waals surface area contributed by atoms with E-state index in [1.807, 2.05) is 24.3 Å². The van der Waals surface area contributed by atoms with E-state index in [9.17, 15) is 9.90 Å². The maximum Gasteiger partial charge on any atom is 0.223 e. The fraction of sp³-hybridized carbons (Fsp3) is 0.533. The number of rotatable bonds is 7. The second-order valence-corrected chi connectivity index (χ2v) is 5.14. The van der Waals surface area contributed by atoms with Crippen LogP contribution in [0, 0.1) is 0 Å². The predicted molar refractivity (Wildman–Crippen MR) is 73.1 cm³/mol. The van der Waals surface area contributed by atoms with Gasteiger partial charge in [-0.25, -0.2) is 0 Å². The van der Waals surface area contributed by atoms with E-state index in [1.54, 1.807) is 6.92 Å². The number of aliphatic hydroxyl groups excluding tert-OH is 1. The molecule has 1 atom stereocenters. The first kappa shape index (κ1) is 13.9. The van der Waals surface area contributed by atoms with Crippen LogP contribution < -0.4 is 10.1 Å². The molecule has 104 valence electrons. The van der Waals surface area contributed by atoms with Crippen molar-refractivity contribution in [2.24, 2.45) is 0 Å². The monoisotopic (exact) mass is 263 g/mol. The summed E-state index contributed by atoms with van der Waals surface area (Å²) in [6.45, 7) is 2.16. The van der Waals surface area contributed by atoms with Crippen LogP contribution >= 0.6 is 0 Å². The average Bonchev–Trinajstić information content (AvgIpc) is 3.14. The van der Waals surface area contributed by atoms with Crippen molar-refractivity contribution in [2.75, 3.05) is 6.61 Å². The minimum absolute atomic E-state index is 0.0632. The average molecular weight is 263 g/mol. The third-order valence-electron chi connectivity index (χ3n) is 2.99. The Hall–Kier alpha value is -1.55. The zero-order valence-electron chi connectivity index (χ0n) is 11.3. The summed E-state index contributed by atoms with van der Waals surface area (Å²) in [5, 5.41) is 12.2. The summed E-state index contributed by atoms with van der Waals surface area (Å²) < 4.78 is 5.52. The molecule has 19 heavy (non-hydrogen) atoms. The van der Waals surface area contributed by atoms with E-state index in [1.165, 1.54) is 0 Å². The van der Waals surface area contributed by atoms with Gasteiger partial charge in [0, 0.05) is 6.04 Å². The highest BCUT2D eigenvalue weighted by Crippen LogP contribution is 2.18. The lowest BCUT2D eigenvalue weighted by Crippen LogP contribution is -2.26. The SMILES string of the molecule is CC(O)Cc1ccc(OCCC(=O)NC2CC2)cc1. The fourth-order valence-electron chi connectivity index (χ4n) is 1.85. The van der Waals surface area contributed by atoms with E-state index in [0.717, 1.165) is 24.2 Å². The number of amides is 1. The van der Waals surface area contributed by atoms with E-state index in [0.29, 0.717) is 25.5 Å². The lowest BCUT2D eigenvalue weighted by Gasteiger charge is -2.08. The van der Waals surface area contributed by atoms with Gasteiger partial charge in [-0.05, 0) is 43.9 Å². The fourth-order valence-corrected chi connectivity index (χ4v) is 1.85. The molecule has 0 bridgehead atoms. The molecule has 1 aliphatic rings. The molecule has 0 spiro atoms. The number of ether oxygens (including phenoxy) is 1. The second kappa shape index (κ2) is 6.57. The number of carbonyl (C=O) groups is 1. The summed E-state index contributed by atoms with van der Waals surface area (Å²) in [6.07, 6.45) is 2.92. The highest BCUT2D eigenvalue weighted by atomic mass is 16.5. The lowest BCUT2D eigenvalue weighted by atomic mass is 10.1. The minimum atomic E-state index is -0.335. The Morgan fingerprint density at radius 3 is 2.68 bits per heavy atom. The van der Waals surface area contributed by atoms with Gasteiger partial charge in [-0.1, -0.05) is 12.1 Å². The topological polar surface area (TPSA) is 58.6 Å². The quantitative estimate of drug-likeness (QED) is 0.786. The molecular formula is C15H21NO3. The molecule has 0 heterocycles. The van der Waals surface area contributed by atoms with Crippen molar-refractivity contribution in [3.05, 3.63) is 29.8 Å². The van der Waals surface area contributed by atoms with Crippen LogP contribution in [-0.4, -0.2) is 29.8 Å². The predicted octanol–water partition coefficient (Wildman–Crippen LogP) is 1.66. The van der Waals surface area contributed by atoms with Crippen molar-refractivity contribution < 1.29 is 14.6 Å². The van der Waals surface area contributed by atoms with E-state index in [-0.39, 0.29) is 12.0 Å². The Morgan fingerprint density at radius 1 is 1.42 bits per heavy atom. The smallest absolute Gasteiger partial charge is 0.223 e. The van der Waals surface area contributed by atoms with Crippen molar-refractivity contribution in [1.82, 2.24) is 5.32 Å². The van der Waals surface area contributed by atoms with E-state index in [4.69, 9.17) is 4.74 Å². The summed E-state index contributed by atoms with van der Waals surface area (Å²) in [6, 6.07) is 8.03. The van der Waals surface area contributed by atoms with E-state index < -0.39 is 0 Å². The molecule has 2 N–H and O–H groups in total. The summed E-state index contributed by atoms with van der Waals surface area (Å²) in [5.41, 5.74) is 1.08. The maximum absolute atomic E-state index is 11.4. The summed E-state index contributed by atoms with van der Waals surface area (Å²) >= 11 is 0. The Labute approximate surface area is 113 Å². The van der Waals surface area contributed by atoms with Gasteiger partial charge < -0.3 is 15.2 Å². The molecule has 0 saturated heterocycles. The molecule has 1 aliphatic carbocycles. The number of aliphatic hydroxyl groups is 1. The molecule has 1 saturated carbocycles. The van der Waals surface area contributed by atoms with Crippen molar-refractivity contribution in [2.45, 2.75) is 44.8 Å². The second-order valence-electron chi connectivity index (χ2n) is 5.14. The van der Waals surface area contributed by atoms with Gasteiger partial charge in [0.25, 0.3) is 0 Å². The Balaban J connectivity index is 1.68. The van der Waals surface area contributed by atoms with Crippen LogP contribution in [0.3, 0.4) is 0 Å². The summed E-state index contributed by atoms with van der Waals surface area (Å²) in [5.74, 6) is 0.821. The minimum Gasteiger partial charge on any atom is -0.493 e. The maximum atomic E-state index is 11.4. The first-order valence-electron chi connectivity index (χ1n) is 6.82. The van der Waals surface area contributed by atoms with Crippen molar-refractivity contribution >= 4 is 5.91 Å². The number of nitrogens with one attached hydrogen (secondary N) is 1. The number of carbonyl (C=O) groups excluding carboxylic acids is 1. The largest absolute Gasteiger partial charge is 0.493 e. The molecule has 0 aliphatic heterocycles.